The van der Waals surface area contributed by atoms with Crippen molar-refractivity contribution >= 4 is 24.2 Å². The molecule has 2 N–H and O–H groups in total. The van der Waals surface area contributed by atoms with Crippen molar-refractivity contribution in [2.24, 2.45) is 11.7 Å². The molecule has 2 fully saturated rings. The first-order valence-electron chi connectivity index (χ1n) is 9.90. The molecule has 5 nitrogen and oxygen atoms in total. The molecule has 3 rings (SSSR count). The minimum absolute atomic E-state index is 0. The highest BCUT2D eigenvalue weighted by Crippen LogP contribution is 2.29. The molecule has 0 radical (unpaired) electrons. The van der Waals surface area contributed by atoms with Gasteiger partial charge in [-0.3, -0.25) is 9.59 Å². The molecule has 6 heteroatoms. The van der Waals surface area contributed by atoms with Crippen LogP contribution in [0.1, 0.15) is 51.0 Å². The number of carbonyl (C=O) groups excluding carboxylic acids is 2. The molecule has 27 heavy (non-hydrogen) atoms. The van der Waals surface area contributed by atoms with E-state index in [1.54, 1.807) is 11.8 Å². The van der Waals surface area contributed by atoms with Crippen molar-refractivity contribution in [1.29, 1.82) is 0 Å². The van der Waals surface area contributed by atoms with Crippen LogP contribution in [0, 0.1) is 5.92 Å². The van der Waals surface area contributed by atoms with Crippen LogP contribution in [0.5, 0.6) is 0 Å². The SMILES string of the molecule is CC(N)(C(=O)N1CCN(C(=O)CCC2CCCC2)CC1)c1ccccc1.Cl. The van der Waals surface area contributed by atoms with E-state index in [0.29, 0.717) is 32.6 Å². The summed E-state index contributed by atoms with van der Waals surface area (Å²) >= 11 is 0. The molecule has 1 aromatic rings. The number of hydrogen-bond acceptors (Lipinski definition) is 3. The summed E-state index contributed by atoms with van der Waals surface area (Å²) in [5, 5.41) is 0. The van der Waals surface area contributed by atoms with Crippen molar-refractivity contribution < 1.29 is 9.59 Å². The number of carbonyl (C=O) groups is 2. The highest BCUT2D eigenvalue weighted by Gasteiger charge is 2.36. The van der Waals surface area contributed by atoms with Crippen LogP contribution >= 0.6 is 12.4 Å². The second-order valence-electron chi connectivity index (χ2n) is 7.93. The first-order valence-corrected chi connectivity index (χ1v) is 9.90. The standard InChI is InChI=1S/C21H31N3O2.ClH/c1-21(22,18-9-3-2-4-10-18)20(26)24-15-13-23(14-16-24)19(25)12-11-17-7-5-6-8-17;/h2-4,9-10,17H,5-8,11-16,22H2,1H3;1H. The maximum absolute atomic E-state index is 12.9. The maximum Gasteiger partial charge on any atom is 0.247 e. The summed E-state index contributed by atoms with van der Waals surface area (Å²) in [4.78, 5) is 29.1. The molecule has 2 amide bonds. The lowest BCUT2D eigenvalue weighted by Gasteiger charge is -2.38. The fourth-order valence-electron chi connectivity index (χ4n) is 4.18. The maximum atomic E-state index is 12.9. The van der Waals surface area contributed by atoms with Crippen molar-refractivity contribution in [3.63, 3.8) is 0 Å². The summed E-state index contributed by atoms with van der Waals surface area (Å²) in [7, 11) is 0. The number of rotatable bonds is 5. The van der Waals surface area contributed by atoms with Crippen LogP contribution in [0.2, 0.25) is 0 Å². The van der Waals surface area contributed by atoms with Crippen LogP contribution in [-0.2, 0) is 15.1 Å². The third-order valence-corrected chi connectivity index (χ3v) is 5.98. The summed E-state index contributed by atoms with van der Waals surface area (Å²) in [5.41, 5.74) is 6.14. The van der Waals surface area contributed by atoms with Crippen LogP contribution in [0.3, 0.4) is 0 Å². The Hall–Kier alpha value is -1.59. The van der Waals surface area contributed by atoms with Crippen LogP contribution in [-0.4, -0.2) is 47.8 Å². The van der Waals surface area contributed by atoms with Gasteiger partial charge in [-0.1, -0.05) is 56.0 Å². The Kier molecular flexibility index (Phi) is 7.68. The normalized spacial score (nSPS) is 20.1. The predicted octanol–water partition coefficient (Wildman–Crippen LogP) is 2.92. The number of halogens is 1. The molecule has 1 saturated heterocycles. The van der Waals surface area contributed by atoms with E-state index in [1.165, 1.54) is 25.7 Å². The number of nitrogens with two attached hydrogens (primary N) is 1. The molecule has 0 spiro atoms. The summed E-state index contributed by atoms with van der Waals surface area (Å²) in [6.45, 7) is 4.12. The zero-order chi connectivity index (χ0) is 18.6. The van der Waals surface area contributed by atoms with E-state index >= 15 is 0 Å². The second kappa shape index (κ2) is 9.56. The zero-order valence-corrected chi connectivity index (χ0v) is 17.0. The fourth-order valence-corrected chi connectivity index (χ4v) is 4.18. The molecule has 1 heterocycles. The van der Waals surface area contributed by atoms with Gasteiger partial charge in [-0.2, -0.15) is 0 Å². The van der Waals surface area contributed by atoms with Crippen LogP contribution < -0.4 is 5.73 Å². The Morgan fingerprint density at radius 1 is 1.04 bits per heavy atom. The number of amides is 2. The van der Waals surface area contributed by atoms with Gasteiger partial charge in [-0.05, 0) is 24.8 Å². The van der Waals surface area contributed by atoms with Gasteiger partial charge in [0.05, 0.1) is 0 Å². The molecular formula is C21H32ClN3O2. The fraction of sp³-hybridized carbons (Fsp3) is 0.619. The van der Waals surface area contributed by atoms with Gasteiger partial charge < -0.3 is 15.5 Å². The summed E-state index contributed by atoms with van der Waals surface area (Å²) < 4.78 is 0. The first kappa shape index (κ1) is 21.7. The Balaban J connectivity index is 0.00000261. The third kappa shape index (κ3) is 5.23. The largest absolute Gasteiger partial charge is 0.339 e. The van der Waals surface area contributed by atoms with Gasteiger partial charge in [0, 0.05) is 32.6 Å². The van der Waals surface area contributed by atoms with Gasteiger partial charge in [0.2, 0.25) is 11.8 Å². The molecule has 1 atom stereocenters. The van der Waals surface area contributed by atoms with E-state index in [4.69, 9.17) is 5.73 Å². The van der Waals surface area contributed by atoms with Crippen LogP contribution in [0.4, 0.5) is 0 Å². The Morgan fingerprint density at radius 2 is 1.59 bits per heavy atom. The number of benzene rings is 1. The second-order valence-corrected chi connectivity index (χ2v) is 7.93. The van der Waals surface area contributed by atoms with E-state index in [1.807, 2.05) is 35.2 Å². The van der Waals surface area contributed by atoms with E-state index in [0.717, 1.165) is 17.9 Å². The van der Waals surface area contributed by atoms with Gasteiger partial charge in [0.25, 0.3) is 0 Å². The number of nitrogens with zero attached hydrogens (tertiary/aromatic N) is 2. The highest BCUT2D eigenvalue weighted by atomic mass is 35.5. The molecule has 1 unspecified atom stereocenters. The lowest BCUT2D eigenvalue weighted by atomic mass is 9.91. The number of hydrogen-bond donors (Lipinski definition) is 1. The lowest BCUT2D eigenvalue weighted by Crippen LogP contribution is -2.57. The van der Waals surface area contributed by atoms with Crippen molar-refractivity contribution in [2.75, 3.05) is 26.2 Å². The van der Waals surface area contributed by atoms with Gasteiger partial charge in [0.1, 0.15) is 5.54 Å². The topological polar surface area (TPSA) is 66.6 Å². The zero-order valence-electron chi connectivity index (χ0n) is 16.2. The van der Waals surface area contributed by atoms with Gasteiger partial charge in [-0.25, -0.2) is 0 Å². The monoisotopic (exact) mass is 393 g/mol. The summed E-state index contributed by atoms with van der Waals surface area (Å²) in [6, 6.07) is 9.49. The van der Waals surface area contributed by atoms with Crippen LogP contribution in [0.15, 0.2) is 30.3 Å². The molecule has 2 aliphatic rings. The minimum atomic E-state index is -1.03. The molecule has 0 bridgehead atoms. The van der Waals surface area contributed by atoms with Gasteiger partial charge in [-0.15, -0.1) is 12.4 Å². The molecular weight excluding hydrogens is 362 g/mol. The van der Waals surface area contributed by atoms with E-state index in [9.17, 15) is 9.59 Å². The molecule has 1 aromatic carbocycles. The van der Waals surface area contributed by atoms with E-state index in [-0.39, 0.29) is 24.2 Å². The quantitative estimate of drug-likeness (QED) is 0.836. The smallest absolute Gasteiger partial charge is 0.247 e. The van der Waals surface area contributed by atoms with Crippen molar-refractivity contribution in [3.05, 3.63) is 35.9 Å². The van der Waals surface area contributed by atoms with Gasteiger partial charge in [0.15, 0.2) is 0 Å². The predicted molar refractivity (Wildman–Crippen MR) is 110 cm³/mol. The average Bonchev–Trinajstić information content (AvgIpc) is 3.20. The molecule has 1 saturated carbocycles. The molecule has 1 aliphatic carbocycles. The lowest BCUT2D eigenvalue weighted by molar-refractivity contribution is -0.143. The Bertz CT molecular complexity index is 622. The van der Waals surface area contributed by atoms with Crippen molar-refractivity contribution in [3.8, 4) is 0 Å². The first-order chi connectivity index (χ1) is 12.5. The summed E-state index contributed by atoms with van der Waals surface area (Å²) in [5.74, 6) is 0.912. The number of piperazine rings is 1. The minimum Gasteiger partial charge on any atom is -0.339 e. The molecule has 1 aliphatic heterocycles. The third-order valence-electron chi connectivity index (χ3n) is 5.98. The Labute approximate surface area is 168 Å². The Morgan fingerprint density at radius 3 is 2.19 bits per heavy atom. The summed E-state index contributed by atoms with van der Waals surface area (Å²) in [6.07, 6.45) is 6.87. The average molecular weight is 394 g/mol. The van der Waals surface area contributed by atoms with Crippen LogP contribution in [0.25, 0.3) is 0 Å². The van der Waals surface area contributed by atoms with Crippen molar-refractivity contribution in [2.45, 2.75) is 51.0 Å². The molecule has 0 aromatic heterocycles. The van der Waals surface area contributed by atoms with E-state index in [2.05, 4.69) is 0 Å². The molecule has 150 valence electrons. The highest BCUT2D eigenvalue weighted by molar-refractivity contribution is 5.87. The van der Waals surface area contributed by atoms with Crippen molar-refractivity contribution in [1.82, 2.24) is 9.80 Å². The van der Waals surface area contributed by atoms with Gasteiger partial charge >= 0.3 is 0 Å². The van der Waals surface area contributed by atoms with E-state index < -0.39 is 5.54 Å².